The number of nitrogens with one attached hydrogen (secondary N) is 1. The molecule has 5 nitrogen and oxygen atoms in total. The fourth-order valence-corrected chi connectivity index (χ4v) is 4.22. The standard InChI is InChI=1S/C17H13N3O2S2/c1-10(24-13-6-2-3-7-18-13)15-19-16(21)14-11(9-23-17(14)20-15)12-5-4-8-22-12/h2-10H,1H3,(H,19,20,21). The first-order chi connectivity index (χ1) is 11.7. The second-order valence-corrected chi connectivity index (χ2v) is 7.41. The lowest BCUT2D eigenvalue weighted by Crippen LogP contribution is -2.12. The van der Waals surface area contributed by atoms with Gasteiger partial charge in [0.2, 0.25) is 0 Å². The largest absolute Gasteiger partial charge is 0.464 e. The first kappa shape index (κ1) is 15.2. The van der Waals surface area contributed by atoms with Crippen LogP contribution in [0.1, 0.15) is 18.0 Å². The van der Waals surface area contributed by atoms with Crippen LogP contribution in [0.15, 0.2) is 62.4 Å². The summed E-state index contributed by atoms with van der Waals surface area (Å²) in [6.45, 7) is 2.00. The summed E-state index contributed by atoms with van der Waals surface area (Å²) in [6.07, 6.45) is 3.35. The smallest absolute Gasteiger partial charge is 0.260 e. The van der Waals surface area contributed by atoms with Gasteiger partial charge in [-0.05, 0) is 31.2 Å². The zero-order valence-corrected chi connectivity index (χ0v) is 14.4. The van der Waals surface area contributed by atoms with E-state index >= 15 is 0 Å². The first-order valence-corrected chi connectivity index (χ1v) is 9.11. The van der Waals surface area contributed by atoms with Gasteiger partial charge in [-0.25, -0.2) is 9.97 Å². The van der Waals surface area contributed by atoms with E-state index in [1.165, 1.54) is 11.3 Å². The van der Waals surface area contributed by atoms with E-state index in [4.69, 9.17) is 4.42 Å². The van der Waals surface area contributed by atoms with E-state index in [1.54, 1.807) is 30.3 Å². The number of hydrogen-bond acceptors (Lipinski definition) is 6. The van der Waals surface area contributed by atoms with E-state index in [2.05, 4.69) is 15.0 Å². The summed E-state index contributed by atoms with van der Waals surface area (Å²) in [4.78, 5) is 25.1. The number of pyridine rings is 1. The number of H-pyrrole nitrogens is 1. The monoisotopic (exact) mass is 355 g/mol. The molecular formula is C17H13N3O2S2. The summed E-state index contributed by atoms with van der Waals surface area (Å²) in [5.74, 6) is 1.33. The van der Waals surface area contributed by atoms with Crippen molar-refractivity contribution in [3.05, 3.63) is 64.4 Å². The third-order valence-corrected chi connectivity index (χ3v) is 5.50. The molecule has 0 radical (unpaired) electrons. The van der Waals surface area contributed by atoms with Gasteiger partial charge in [0, 0.05) is 17.1 Å². The van der Waals surface area contributed by atoms with E-state index in [-0.39, 0.29) is 10.8 Å². The minimum Gasteiger partial charge on any atom is -0.464 e. The molecule has 0 saturated carbocycles. The third-order valence-electron chi connectivity index (χ3n) is 3.57. The summed E-state index contributed by atoms with van der Waals surface area (Å²) in [6, 6.07) is 9.41. The number of thioether (sulfide) groups is 1. The molecule has 1 N–H and O–H groups in total. The first-order valence-electron chi connectivity index (χ1n) is 7.35. The van der Waals surface area contributed by atoms with E-state index in [0.717, 1.165) is 10.6 Å². The molecule has 0 fully saturated rings. The maximum absolute atomic E-state index is 12.6. The second kappa shape index (κ2) is 6.26. The van der Waals surface area contributed by atoms with E-state index < -0.39 is 0 Å². The molecule has 24 heavy (non-hydrogen) atoms. The van der Waals surface area contributed by atoms with Gasteiger partial charge in [-0.1, -0.05) is 17.8 Å². The Bertz CT molecular complexity index is 1020. The van der Waals surface area contributed by atoms with Gasteiger partial charge >= 0.3 is 0 Å². The number of fused-ring (bicyclic) bond motifs is 1. The van der Waals surface area contributed by atoms with Gasteiger partial charge in [-0.3, -0.25) is 4.79 Å². The Morgan fingerprint density at radius 2 is 2.21 bits per heavy atom. The third kappa shape index (κ3) is 2.76. The molecule has 4 aromatic rings. The highest BCUT2D eigenvalue weighted by molar-refractivity contribution is 7.99. The molecule has 4 heterocycles. The summed E-state index contributed by atoms with van der Waals surface area (Å²) < 4.78 is 5.41. The number of nitrogens with zero attached hydrogens (tertiary/aromatic N) is 2. The molecule has 1 atom stereocenters. The van der Waals surface area contributed by atoms with Crippen molar-refractivity contribution < 1.29 is 4.42 Å². The minimum absolute atomic E-state index is 0.00818. The molecule has 4 aromatic heterocycles. The quantitative estimate of drug-likeness (QED) is 0.546. The highest BCUT2D eigenvalue weighted by Crippen LogP contribution is 2.34. The van der Waals surface area contributed by atoms with Crippen LogP contribution >= 0.6 is 23.1 Å². The summed E-state index contributed by atoms with van der Waals surface area (Å²) >= 11 is 3.01. The van der Waals surface area contributed by atoms with Crippen LogP contribution < -0.4 is 5.56 Å². The van der Waals surface area contributed by atoms with E-state index in [9.17, 15) is 4.79 Å². The van der Waals surface area contributed by atoms with Crippen molar-refractivity contribution >= 4 is 33.3 Å². The predicted molar refractivity (Wildman–Crippen MR) is 96.5 cm³/mol. The normalized spacial score (nSPS) is 12.5. The van der Waals surface area contributed by atoms with Gasteiger partial charge in [0.05, 0.1) is 21.9 Å². The lowest BCUT2D eigenvalue weighted by Gasteiger charge is -2.09. The number of thiophene rings is 1. The molecule has 0 aliphatic heterocycles. The molecule has 0 saturated heterocycles. The van der Waals surface area contributed by atoms with Crippen LogP contribution in [0.25, 0.3) is 21.5 Å². The maximum Gasteiger partial charge on any atom is 0.260 e. The summed E-state index contributed by atoms with van der Waals surface area (Å²) in [5.41, 5.74) is 0.640. The Hall–Kier alpha value is -2.38. The minimum atomic E-state index is -0.142. The van der Waals surface area contributed by atoms with Crippen molar-refractivity contribution in [2.45, 2.75) is 17.2 Å². The lowest BCUT2D eigenvalue weighted by atomic mass is 10.2. The van der Waals surface area contributed by atoms with Gasteiger partial charge < -0.3 is 9.40 Å². The molecule has 0 aliphatic carbocycles. The van der Waals surface area contributed by atoms with Crippen LogP contribution in [0.3, 0.4) is 0 Å². The molecule has 1 unspecified atom stereocenters. The van der Waals surface area contributed by atoms with Gasteiger partial charge in [0.25, 0.3) is 5.56 Å². The number of furan rings is 1. The molecule has 0 bridgehead atoms. The lowest BCUT2D eigenvalue weighted by molar-refractivity contribution is 0.583. The highest BCUT2D eigenvalue weighted by atomic mass is 32.2. The maximum atomic E-state index is 12.6. The van der Waals surface area contributed by atoms with Crippen molar-refractivity contribution in [1.82, 2.24) is 15.0 Å². The fraction of sp³-hybridized carbons (Fsp3) is 0.118. The zero-order valence-electron chi connectivity index (χ0n) is 12.7. The van der Waals surface area contributed by atoms with Crippen LogP contribution in [-0.4, -0.2) is 15.0 Å². The number of aromatic nitrogens is 3. The number of rotatable bonds is 4. The Labute approximate surface area is 145 Å². The van der Waals surface area contributed by atoms with Gasteiger partial charge in [-0.2, -0.15) is 0 Å². The van der Waals surface area contributed by atoms with Crippen molar-refractivity contribution in [2.24, 2.45) is 0 Å². The summed E-state index contributed by atoms with van der Waals surface area (Å²) in [7, 11) is 0. The van der Waals surface area contributed by atoms with Gasteiger partial charge in [0.1, 0.15) is 16.4 Å². The molecule has 120 valence electrons. The molecule has 0 aromatic carbocycles. The number of aromatic amines is 1. The Morgan fingerprint density at radius 1 is 1.29 bits per heavy atom. The molecule has 0 aliphatic rings. The topological polar surface area (TPSA) is 71.8 Å². The van der Waals surface area contributed by atoms with Crippen LogP contribution in [0.4, 0.5) is 0 Å². The number of hydrogen-bond donors (Lipinski definition) is 1. The average Bonchev–Trinajstić information content (AvgIpc) is 3.24. The zero-order chi connectivity index (χ0) is 16.5. The molecule has 4 rings (SSSR count). The molecular weight excluding hydrogens is 342 g/mol. The van der Waals surface area contributed by atoms with Crippen LogP contribution in [0.2, 0.25) is 0 Å². The van der Waals surface area contributed by atoms with E-state index in [0.29, 0.717) is 21.8 Å². The van der Waals surface area contributed by atoms with Gasteiger partial charge in [0.15, 0.2) is 0 Å². The highest BCUT2D eigenvalue weighted by Gasteiger charge is 2.17. The second-order valence-electron chi connectivity index (χ2n) is 5.19. The van der Waals surface area contributed by atoms with Crippen LogP contribution in [0.5, 0.6) is 0 Å². The van der Waals surface area contributed by atoms with Crippen molar-refractivity contribution in [2.75, 3.05) is 0 Å². The Balaban J connectivity index is 1.72. The van der Waals surface area contributed by atoms with Crippen molar-refractivity contribution in [3.63, 3.8) is 0 Å². The van der Waals surface area contributed by atoms with E-state index in [1.807, 2.05) is 36.6 Å². The predicted octanol–water partition coefficient (Wildman–Crippen LogP) is 4.49. The van der Waals surface area contributed by atoms with Gasteiger partial charge in [-0.15, -0.1) is 11.3 Å². The fourth-order valence-electron chi connectivity index (χ4n) is 2.43. The average molecular weight is 355 g/mol. The SMILES string of the molecule is CC(Sc1ccccn1)c1nc2scc(-c3ccco3)c2c(=O)[nH]1. The molecule has 7 heteroatoms. The Morgan fingerprint density at radius 3 is 2.96 bits per heavy atom. The Kier molecular flexibility index (Phi) is 3.95. The van der Waals surface area contributed by atoms with Crippen LogP contribution in [0, 0.1) is 0 Å². The summed E-state index contributed by atoms with van der Waals surface area (Å²) in [5, 5.41) is 3.38. The van der Waals surface area contributed by atoms with Crippen molar-refractivity contribution in [1.29, 1.82) is 0 Å². The molecule has 0 spiro atoms. The molecule has 0 amide bonds. The van der Waals surface area contributed by atoms with Crippen molar-refractivity contribution in [3.8, 4) is 11.3 Å². The van der Waals surface area contributed by atoms with Crippen LogP contribution in [-0.2, 0) is 0 Å².